The van der Waals surface area contributed by atoms with Crippen molar-refractivity contribution in [3.8, 4) is 0 Å². The Balaban J connectivity index is 2.38. The maximum Gasteiger partial charge on any atom is 0.184 e. The average Bonchev–Trinajstić information content (AvgIpc) is 2.97. The minimum absolute atomic E-state index is 0.0554. The first-order valence-electron chi connectivity index (χ1n) is 13.0. The maximum atomic E-state index is 14.3. The molecule has 0 radical (unpaired) electrons. The van der Waals surface area contributed by atoms with Crippen LogP contribution in [0.15, 0.2) is 46.0 Å². The van der Waals surface area contributed by atoms with Crippen LogP contribution < -0.4 is 0 Å². The number of carbonyl (C=O) groups is 2. The highest BCUT2D eigenvalue weighted by atomic mass is 16.5. The predicted molar refractivity (Wildman–Crippen MR) is 139 cm³/mol. The van der Waals surface area contributed by atoms with Crippen molar-refractivity contribution in [1.82, 2.24) is 0 Å². The zero-order valence-electron chi connectivity index (χ0n) is 23.0. The number of ketones is 2. The number of fused-ring (bicyclic) bond motifs is 1. The molecule has 0 aromatic carbocycles. The molecule has 194 valence electrons. The van der Waals surface area contributed by atoms with Crippen LogP contribution >= 0.6 is 0 Å². The summed E-state index contributed by atoms with van der Waals surface area (Å²) in [5.74, 6) is -1.03. The maximum absolute atomic E-state index is 14.3. The lowest BCUT2D eigenvalue weighted by atomic mass is 9.65. The number of aliphatic hydroxyl groups is 2. The first kappa shape index (κ1) is 27.4. The lowest BCUT2D eigenvalue weighted by molar-refractivity contribution is -0.132. The number of Topliss-reactive ketones (excluding diaryl/α,β-unsaturated/α-hetero) is 2. The van der Waals surface area contributed by atoms with Gasteiger partial charge < -0.3 is 14.9 Å². The smallest absolute Gasteiger partial charge is 0.184 e. The molecule has 1 saturated carbocycles. The molecule has 3 aliphatic rings. The van der Waals surface area contributed by atoms with Gasteiger partial charge >= 0.3 is 0 Å². The highest BCUT2D eigenvalue weighted by molar-refractivity contribution is 6.24. The van der Waals surface area contributed by atoms with Crippen LogP contribution in [0.4, 0.5) is 0 Å². The molecule has 1 aliphatic heterocycles. The van der Waals surface area contributed by atoms with Gasteiger partial charge in [0.2, 0.25) is 0 Å². The zero-order chi connectivity index (χ0) is 26.5. The molecule has 0 saturated heterocycles. The van der Waals surface area contributed by atoms with Gasteiger partial charge in [0.15, 0.2) is 11.6 Å². The van der Waals surface area contributed by atoms with E-state index in [1.165, 1.54) is 0 Å². The Labute approximate surface area is 211 Å². The molecule has 0 bridgehead atoms. The Morgan fingerprint density at radius 3 is 2.09 bits per heavy atom. The van der Waals surface area contributed by atoms with Crippen molar-refractivity contribution in [2.45, 2.75) is 106 Å². The topological polar surface area (TPSA) is 83.8 Å². The monoisotopic (exact) mass is 484 g/mol. The van der Waals surface area contributed by atoms with Gasteiger partial charge in [-0.1, -0.05) is 37.1 Å². The normalized spacial score (nSPS) is 29.3. The van der Waals surface area contributed by atoms with E-state index in [-0.39, 0.29) is 34.7 Å². The molecule has 3 rings (SSSR count). The molecule has 3 atom stereocenters. The molecule has 2 aliphatic carbocycles. The molecular weight excluding hydrogens is 440 g/mol. The lowest BCUT2D eigenvalue weighted by Crippen LogP contribution is -2.44. The summed E-state index contributed by atoms with van der Waals surface area (Å²) < 4.78 is 6.80. The minimum atomic E-state index is -1.13. The fourth-order valence-electron chi connectivity index (χ4n) is 6.09. The summed E-state index contributed by atoms with van der Waals surface area (Å²) in [6, 6.07) is 0. The van der Waals surface area contributed by atoms with Crippen molar-refractivity contribution in [3.05, 3.63) is 46.0 Å². The van der Waals surface area contributed by atoms with E-state index >= 15 is 0 Å². The number of hydrogen-bond donors (Lipinski definition) is 2. The first-order valence-corrected chi connectivity index (χ1v) is 13.0. The van der Waals surface area contributed by atoms with Crippen LogP contribution in [-0.4, -0.2) is 33.0 Å². The summed E-state index contributed by atoms with van der Waals surface area (Å²) in [5, 5.41) is 22.8. The minimum Gasteiger partial charge on any atom is -0.507 e. The standard InChI is InChI=1S/C30H44O5/c1-17(2)10-14-30(15-11-18(3)4)26(33)23(24(31)19(5)6)25(32)20-16-22-21(12-13-29(22,9)34)28(7,8)35-27(20)30/h10-11,19,21-22,32,34H,12-16H2,1-9H3/t21-,22-,29-/m1/s1. The third-order valence-electron chi connectivity index (χ3n) is 8.31. The van der Waals surface area contributed by atoms with Crippen LogP contribution in [0.3, 0.4) is 0 Å². The zero-order valence-corrected chi connectivity index (χ0v) is 23.0. The van der Waals surface area contributed by atoms with Crippen LogP contribution in [0.2, 0.25) is 0 Å². The van der Waals surface area contributed by atoms with E-state index in [1.807, 2.05) is 60.6 Å². The second-order valence-electron chi connectivity index (χ2n) is 12.5. The van der Waals surface area contributed by atoms with E-state index in [9.17, 15) is 19.8 Å². The Kier molecular flexibility index (Phi) is 7.36. The molecule has 2 N–H and O–H groups in total. The first-order chi connectivity index (χ1) is 16.0. The Morgan fingerprint density at radius 1 is 1.06 bits per heavy atom. The van der Waals surface area contributed by atoms with E-state index < -0.39 is 22.5 Å². The number of rotatable bonds is 6. The van der Waals surface area contributed by atoms with E-state index in [4.69, 9.17) is 4.74 Å². The quantitative estimate of drug-likeness (QED) is 0.330. The molecule has 5 heteroatoms. The SMILES string of the molecule is CC(C)=CCC1(CC=C(C)C)C(=O)C(C(=O)C(C)C)=C(O)C2=C1OC(C)(C)[C@@H]1CC[C@@](C)(O)[C@@H]1C2. The van der Waals surface area contributed by atoms with Gasteiger partial charge in [-0.2, -0.15) is 0 Å². The number of allylic oxidation sites excluding steroid dienone is 7. The fourth-order valence-corrected chi connectivity index (χ4v) is 6.09. The summed E-state index contributed by atoms with van der Waals surface area (Å²) in [7, 11) is 0. The summed E-state index contributed by atoms with van der Waals surface area (Å²) in [4.78, 5) is 27.7. The molecule has 0 aromatic heterocycles. The van der Waals surface area contributed by atoms with Crippen molar-refractivity contribution >= 4 is 11.6 Å². The van der Waals surface area contributed by atoms with Gasteiger partial charge in [0, 0.05) is 17.4 Å². The van der Waals surface area contributed by atoms with Gasteiger partial charge in [0.05, 0.1) is 11.0 Å². The molecule has 0 amide bonds. The van der Waals surface area contributed by atoms with Crippen molar-refractivity contribution in [3.63, 3.8) is 0 Å². The van der Waals surface area contributed by atoms with E-state index in [0.717, 1.165) is 17.6 Å². The molecule has 0 unspecified atom stereocenters. The van der Waals surface area contributed by atoms with E-state index in [2.05, 4.69) is 0 Å². The number of aliphatic hydroxyl groups excluding tert-OH is 1. The van der Waals surface area contributed by atoms with Gasteiger partial charge in [0.1, 0.15) is 22.7 Å². The van der Waals surface area contributed by atoms with Crippen LogP contribution in [0, 0.1) is 23.2 Å². The van der Waals surface area contributed by atoms with Crippen LogP contribution in [0.1, 0.15) is 94.4 Å². The molecule has 1 fully saturated rings. The van der Waals surface area contributed by atoms with Crippen LogP contribution in [-0.2, 0) is 14.3 Å². The Hall–Kier alpha value is -2.14. The number of hydrogen-bond acceptors (Lipinski definition) is 5. The fraction of sp³-hybridized carbons (Fsp3) is 0.667. The van der Waals surface area contributed by atoms with Crippen molar-refractivity contribution in [2.75, 3.05) is 0 Å². The van der Waals surface area contributed by atoms with Gasteiger partial charge in [0.25, 0.3) is 0 Å². The molecule has 1 heterocycles. The second-order valence-corrected chi connectivity index (χ2v) is 12.5. The van der Waals surface area contributed by atoms with Crippen molar-refractivity contribution in [1.29, 1.82) is 0 Å². The molecule has 35 heavy (non-hydrogen) atoms. The number of carbonyl (C=O) groups excluding carboxylic acids is 2. The summed E-state index contributed by atoms with van der Waals surface area (Å²) in [6.07, 6.45) is 6.63. The molecule has 0 spiro atoms. The highest BCUT2D eigenvalue weighted by Gasteiger charge is 2.59. The molecule has 5 nitrogen and oxygen atoms in total. The summed E-state index contributed by atoms with van der Waals surface area (Å²) in [5.41, 5.74) is -0.151. The van der Waals surface area contributed by atoms with Gasteiger partial charge in [-0.05, 0) is 86.5 Å². The molecule has 0 aromatic rings. The average molecular weight is 485 g/mol. The second kappa shape index (κ2) is 9.38. The van der Waals surface area contributed by atoms with Gasteiger partial charge in [-0.25, -0.2) is 0 Å². The predicted octanol–water partition coefficient (Wildman–Crippen LogP) is 6.54. The third kappa shape index (κ3) is 4.81. The Bertz CT molecular complexity index is 1000. The van der Waals surface area contributed by atoms with Crippen molar-refractivity contribution in [2.24, 2.45) is 23.2 Å². The van der Waals surface area contributed by atoms with Gasteiger partial charge in [-0.15, -0.1) is 0 Å². The summed E-state index contributed by atoms with van der Waals surface area (Å²) >= 11 is 0. The third-order valence-corrected chi connectivity index (χ3v) is 8.31. The lowest BCUT2D eigenvalue weighted by Gasteiger charge is -2.42. The number of ether oxygens (including phenoxy) is 1. The Morgan fingerprint density at radius 2 is 1.60 bits per heavy atom. The highest BCUT2D eigenvalue weighted by Crippen LogP contribution is 2.58. The molecular formula is C30H44O5. The van der Waals surface area contributed by atoms with Crippen LogP contribution in [0.5, 0.6) is 0 Å². The van der Waals surface area contributed by atoms with Gasteiger partial charge in [-0.3, -0.25) is 9.59 Å². The van der Waals surface area contributed by atoms with E-state index in [0.29, 0.717) is 37.0 Å². The van der Waals surface area contributed by atoms with E-state index in [1.54, 1.807) is 13.8 Å². The summed E-state index contributed by atoms with van der Waals surface area (Å²) in [6.45, 7) is 17.4. The van der Waals surface area contributed by atoms with Crippen LogP contribution in [0.25, 0.3) is 0 Å². The van der Waals surface area contributed by atoms with Crippen molar-refractivity contribution < 1.29 is 24.5 Å². The largest absolute Gasteiger partial charge is 0.507 e.